The summed E-state index contributed by atoms with van der Waals surface area (Å²) in [6, 6.07) is 0. The van der Waals surface area contributed by atoms with E-state index < -0.39 is 28.2 Å². The number of benzene rings is 18. The van der Waals surface area contributed by atoms with E-state index in [9.17, 15) is 10.2 Å². The van der Waals surface area contributed by atoms with E-state index >= 15 is 9.59 Å². The molecule has 28 aromatic rings. The molecule has 0 unspecified atom stereocenters. The zero-order chi connectivity index (χ0) is 47.2. The molecule has 5 aliphatic rings. The van der Waals surface area contributed by atoms with Crippen molar-refractivity contribution in [3.05, 3.63) is 22.3 Å². The van der Waals surface area contributed by atoms with Crippen molar-refractivity contribution < 1.29 is 29.3 Å². The van der Waals surface area contributed by atoms with Crippen molar-refractivity contribution in [2.45, 2.75) is 36.5 Å². The van der Waals surface area contributed by atoms with Crippen LogP contribution >= 0.6 is 0 Å². The maximum atomic E-state index is 17.1. The third kappa shape index (κ3) is 1.76. The standard InChI is InChI=1S/C71H18O6/c72-5-1-3-7-76-67(74)71(68(75)77-8-4-2-6-73)69-63-55-47-37-27-19-11-9-10-13-17-15(11)23-31-25(17)35-29-21(13)22-14(10)18-16-12(9)20(19)28-34-24(16)32-26(18)36-30(22)40-39(29)49-43(35)53-45(31)51(41(47)33(23)27)59(63)61(53)65-57(49)58-50(40)44(36)54-46(32)52-42(34)48(38(28)37)56(55)64(69)60(52)62(54)66(58)70(65,69)71/h72-73H,1-8H2. The molecule has 0 radical (unpaired) electrons. The van der Waals surface area contributed by atoms with Crippen LogP contribution in [0.5, 0.6) is 0 Å². The van der Waals surface area contributed by atoms with E-state index in [0.717, 1.165) is 0 Å². The Balaban J connectivity index is 1.06. The summed E-state index contributed by atoms with van der Waals surface area (Å²) in [7, 11) is 0. The Labute approximate surface area is 420 Å². The molecule has 0 atom stereocenters. The summed E-state index contributed by atoms with van der Waals surface area (Å²) in [5.41, 5.74) is 0.835. The number of aliphatic hydroxyl groups excluding tert-OH is 2. The highest BCUT2D eigenvalue weighted by Crippen LogP contribution is 2.96. The molecule has 0 aromatic heterocycles. The van der Waals surface area contributed by atoms with Gasteiger partial charge in [0.1, 0.15) is 0 Å². The zero-order valence-electron chi connectivity index (χ0n) is 39.7. The molecule has 1 fully saturated rings. The fourth-order valence-electron chi connectivity index (χ4n) is 26.2. The van der Waals surface area contributed by atoms with Crippen LogP contribution in [0.1, 0.15) is 47.9 Å². The van der Waals surface area contributed by atoms with Crippen molar-refractivity contribution >= 4 is 303 Å². The van der Waals surface area contributed by atoms with Gasteiger partial charge in [-0.25, -0.2) is 0 Å². The second kappa shape index (κ2) is 7.45. The van der Waals surface area contributed by atoms with Gasteiger partial charge in [-0.1, -0.05) is 0 Å². The highest BCUT2D eigenvalue weighted by Gasteiger charge is 3.01. The molecule has 338 valence electrons. The quantitative estimate of drug-likeness (QED) is 0.0614. The fourth-order valence-corrected chi connectivity index (χ4v) is 26.2. The first-order valence-corrected chi connectivity index (χ1v) is 28.5. The highest BCUT2D eigenvalue weighted by molar-refractivity contribution is 6.82. The lowest BCUT2D eigenvalue weighted by molar-refractivity contribution is -0.166. The molecule has 77 heavy (non-hydrogen) atoms. The van der Waals surface area contributed by atoms with Gasteiger partial charge < -0.3 is 19.7 Å². The molecule has 1 saturated carbocycles. The molecule has 0 saturated heterocycles. The lowest BCUT2D eigenvalue weighted by Gasteiger charge is -2.32. The smallest absolute Gasteiger partial charge is 0.326 e. The third-order valence-electron chi connectivity index (χ3n) is 26.6. The molecule has 33 rings (SSSR count). The first-order chi connectivity index (χ1) is 38.2. The third-order valence-corrected chi connectivity index (χ3v) is 26.6. The molecule has 2 spiro atoms. The van der Waals surface area contributed by atoms with Crippen molar-refractivity contribution in [1.82, 2.24) is 0 Å². The van der Waals surface area contributed by atoms with Crippen LogP contribution in [-0.4, -0.2) is 48.6 Å². The lowest BCUT2D eigenvalue weighted by Crippen LogP contribution is -2.39. The van der Waals surface area contributed by atoms with Crippen LogP contribution in [0.25, 0.3) is 291 Å². The van der Waals surface area contributed by atoms with E-state index in [1.54, 1.807) is 10.8 Å². The topological polar surface area (TPSA) is 93.1 Å². The predicted molar refractivity (Wildman–Crippen MR) is 311 cm³/mol. The summed E-state index contributed by atoms with van der Waals surface area (Å²) in [6.45, 7) is 0.240. The molecular weight excluding hydrogens is 949 g/mol. The Hall–Kier alpha value is -8.68. The number of rotatable bonds is 10. The van der Waals surface area contributed by atoms with E-state index in [1.807, 2.05) is 0 Å². The Bertz CT molecular complexity index is 6840. The van der Waals surface area contributed by atoms with E-state index in [0.29, 0.717) is 25.7 Å². The Kier molecular flexibility index (Phi) is 3.04. The number of esters is 2. The lowest BCUT2D eigenvalue weighted by atomic mass is 9.68. The van der Waals surface area contributed by atoms with E-state index in [2.05, 4.69) is 0 Å². The van der Waals surface area contributed by atoms with Gasteiger partial charge in [0.05, 0.1) is 24.0 Å². The first-order valence-electron chi connectivity index (χ1n) is 28.5. The molecule has 2 N–H and O–H groups in total. The summed E-state index contributed by atoms with van der Waals surface area (Å²) >= 11 is 0. The summed E-state index contributed by atoms with van der Waals surface area (Å²) in [5, 5.41) is 98.7. The number of ether oxygens (including phenoxy) is 2. The van der Waals surface area contributed by atoms with E-state index in [-0.39, 0.29) is 26.4 Å². The number of hydrogen-bond acceptors (Lipinski definition) is 6. The number of carbonyl (C=O) groups excluding carboxylic acids is 2. The molecule has 0 bridgehead atoms. The monoisotopic (exact) mass is 966 g/mol. The number of unbranched alkanes of at least 4 members (excludes halogenated alkanes) is 2. The largest absolute Gasteiger partial charge is 0.465 e. The minimum Gasteiger partial charge on any atom is -0.465 e. The van der Waals surface area contributed by atoms with Crippen LogP contribution in [0.15, 0.2) is 0 Å². The second-order valence-electron chi connectivity index (χ2n) is 27.1. The SMILES string of the molecule is O=C(OCCCCO)C1(C(=O)OCCCCO)C23c4c5c6c7c8c9c(c%10c%11c2c2c4c4c%12c5c5c6c6c8c8c%13c9c9c%10c%10c%11c%11c2c2c4c4c%12c%12c5c5c6c8c6c8c%13c9c9c%10c%10c%11c2c2c4c4c%12c5c6c5c8c9c%10c2c45)C713. The van der Waals surface area contributed by atoms with Crippen LogP contribution < -0.4 is 0 Å². The minimum atomic E-state index is -1.79. The van der Waals surface area contributed by atoms with Crippen LogP contribution in [0.4, 0.5) is 0 Å². The van der Waals surface area contributed by atoms with Gasteiger partial charge in [0, 0.05) is 13.2 Å². The number of hydrogen-bond donors (Lipinski definition) is 2. The van der Waals surface area contributed by atoms with Gasteiger partial charge >= 0.3 is 11.9 Å². The molecule has 5 aliphatic carbocycles. The molecule has 28 aromatic carbocycles. The van der Waals surface area contributed by atoms with Gasteiger partial charge in [-0.15, -0.1) is 0 Å². The minimum absolute atomic E-state index is 0.00483. The van der Waals surface area contributed by atoms with Crippen molar-refractivity contribution in [2.24, 2.45) is 5.41 Å². The summed E-state index contributed by atoms with van der Waals surface area (Å²) in [5.74, 6) is -0.921. The molecule has 0 aliphatic heterocycles. The number of carbonyl (C=O) groups is 2. The molecule has 6 nitrogen and oxygen atoms in total. The second-order valence-corrected chi connectivity index (χ2v) is 27.1. The normalized spacial score (nSPS) is 19.4. The predicted octanol–water partition coefficient (Wildman–Crippen LogP) is 15.9. The van der Waals surface area contributed by atoms with Gasteiger partial charge in [0.25, 0.3) is 0 Å². The van der Waals surface area contributed by atoms with Crippen LogP contribution in [0.2, 0.25) is 0 Å². The first kappa shape index (κ1) is 31.4. The average molecular weight is 967 g/mol. The fraction of sp³-hybridized carbons (Fsp3) is 0.155. The maximum Gasteiger partial charge on any atom is 0.326 e. The van der Waals surface area contributed by atoms with Crippen molar-refractivity contribution in [1.29, 1.82) is 0 Å². The molecular formula is C71H18O6. The van der Waals surface area contributed by atoms with Gasteiger partial charge in [0.2, 0.25) is 0 Å². The van der Waals surface area contributed by atoms with Crippen LogP contribution in [0, 0.1) is 5.41 Å². The average Bonchev–Trinajstić information content (AvgIpc) is 1.38. The summed E-state index contributed by atoms with van der Waals surface area (Å²) in [4.78, 5) is 34.2. The molecule has 0 heterocycles. The number of aliphatic hydroxyl groups is 2. The van der Waals surface area contributed by atoms with Crippen molar-refractivity contribution in [2.75, 3.05) is 26.4 Å². The van der Waals surface area contributed by atoms with Gasteiger partial charge in [0.15, 0.2) is 5.41 Å². The van der Waals surface area contributed by atoms with Crippen LogP contribution in [0.3, 0.4) is 0 Å². The maximum absolute atomic E-state index is 17.1. The Morgan fingerprint density at radius 1 is 0.234 bits per heavy atom. The van der Waals surface area contributed by atoms with Crippen molar-refractivity contribution in [3.63, 3.8) is 0 Å². The van der Waals surface area contributed by atoms with E-state index in [4.69, 9.17) is 9.47 Å². The zero-order valence-corrected chi connectivity index (χ0v) is 39.7. The molecule has 0 amide bonds. The summed E-state index contributed by atoms with van der Waals surface area (Å²) < 4.78 is 13.7. The van der Waals surface area contributed by atoms with Gasteiger partial charge in [-0.05, 0) is 339 Å². The van der Waals surface area contributed by atoms with Gasteiger partial charge in [-0.2, -0.15) is 0 Å². The Morgan fingerprint density at radius 3 is 0.519 bits per heavy atom. The van der Waals surface area contributed by atoms with E-state index in [1.165, 1.54) is 302 Å². The summed E-state index contributed by atoms with van der Waals surface area (Å²) in [6.07, 6.45) is 2.01. The Morgan fingerprint density at radius 2 is 0.377 bits per heavy atom. The van der Waals surface area contributed by atoms with Crippen molar-refractivity contribution in [3.8, 4) is 0 Å². The van der Waals surface area contributed by atoms with Crippen LogP contribution in [-0.2, 0) is 29.9 Å². The molecule has 6 heteroatoms. The van der Waals surface area contributed by atoms with Gasteiger partial charge in [-0.3, -0.25) is 9.59 Å². The highest BCUT2D eigenvalue weighted by atomic mass is 16.6.